The van der Waals surface area contributed by atoms with Crippen molar-refractivity contribution < 1.29 is 9.47 Å². The highest BCUT2D eigenvalue weighted by Gasteiger charge is 2.21. The van der Waals surface area contributed by atoms with Gasteiger partial charge in [-0.3, -0.25) is 4.99 Å². The predicted molar refractivity (Wildman–Crippen MR) is 94.1 cm³/mol. The Kier molecular flexibility index (Phi) is 7.20. The van der Waals surface area contributed by atoms with Gasteiger partial charge in [0.2, 0.25) is 0 Å². The molecule has 23 heavy (non-hydrogen) atoms. The Hall–Kier alpha value is -1.75. The number of ether oxygens (including phenoxy) is 2. The fourth-order valence-electron chi connectivity index (χ4n) is 2.23. The number of likely N-dealkylation sites (N-methyl/N-ethyl adjacent to an activating group) is 1. The highest BCUT2D eigenvalue weighted by molar-refractivity contribution is 5.79. The van der Waals surface area contributed by atoms with E-state index in [0.717, 1.165) is 37.4 Å². The van der Waals surface area contributed by atoms with Crippen LogP contribution in [0.1, 0.15) is 19.8 Å². The van der Waals surface area contributed by atoms with E-state index in [2.05, 4.69) is 15.2 Å². The second kappa shape index (κ2) is 9.40. The van der Waals surface area contributed by atoms with Crippen molar-refractivity contribution in [1.29, 1.82) is 0 Å². The Morgan fingerprint density at radius 2 is 2.09 bits per heavy atom. The fourth-order valence-corrected chi connectivity index (χ4v) is 2.23. The summed E-state index contributed by atoms with van der Waals surface area (Å²) in [4.78, 5) is 6.40. The number of para-hydroxylation sites is 1. The first-order chi connectivity index (χ1) is 11.2. The zero-order chi connectivity index (χ0) is 16.5. The summed E-state index contributed by atoms with van der Waals surface area (Å²) in [5.74, 6) is 2.57. The van der Waals surface area contributed by atoms with Crippen LogP contribution in [-0.2, 0) is 4.74 Å². The SMILES string of the molecule is CN=C(NCC(C)Oc1ccccc1)N(C)CCOCC1CC1. The first-order valence-corrected chi connectivity index (χ1v) is 8.40. The van der Waals surface area contributed by atoms with Crippen LogP contribution < -0.4 is 10.1 Å². The summed E-state index contributed by atoms with van der Waals surface area (Å²) in [6, 6.07) is 9.87. The molecule has 0 saturated heterocycles. The number of nitrogens with one attached hydrogen (secondary N) is 1. The van der Waals surface area contributed by atoms with Crippen molar-refractivity contribution in [3.05, 3.63) is 30.3 Å². The lowest BCUT2D eigenvalue weighted by molar-refractivity contribution is 0.115. The molecule has 2 rings (SSSR count). The third kappa shape index (κ3) is 6.91. The molecule has 1 aliphatic carbocycles. The van der Waals surface area contributed by atoms with Crippen LogP contribution in [-0.4, -0.2) is 57.4 Å². The lowest BCUT2D eigenvalue weighted by atomic mass is 10.3. The molecule has 0 radical (unpaired) electrons. The van der Waals surface area contributed by atoms with E-state index in [1.54, 1.807) is 7.05 Å². The molecule has 0 aliphatic heterocycles. The molecule has 1 aromatic carbocycles. The second-order valence-corrected chi connectivity index (χ2v) is 6.11. The summed E-state index contributed by atoms with van der Waals surface area (Å²) in [5.41, 5.74) is 0. The summed E-state index contributed by atoms with van der Waals surface area (Å²) in [5, 5.41) is 3.35. The zero-order valence-corrected chi connectivity index (χ0v) is 14.5. The Morgan fingerprint density at radius 1 is 1.35 bits per heavy atom. The highest BCUT2D eigenvalue weighted by atomic mass is 16.5. The average Bonchev–Trinajstić information content (AvgIpc) is 3.37. The molecule has 0 heterocycles. The van der Waals surface area contributed by atoms with Crippen LogP contribution >= 0.6 is 0 Å². The Balaban J connectivity index is 1.64. The van der Waals surface area contributed by atoms with E-state index in [0.29, 0.717) is 6.54 Å². The normalized spacial score (nSPS) is 16.0. The van der Waals surface area contributed by atoms with Crippen molar-refractivity contribution in [2.45, 2.75) is 25.9 Å². The van der Waals surface area contributed by atoms with Crippen molar-refractivity contribution in [1.82, 2.24) is 10.2 Å². The van der Waals surface area contributed by atoms with E-state index in [1.807, 2.05) is 44.3 Å². The van der Waals surface area contributed by atoms with Crippen LogP contribution in [0.2, 0.25) is 0 Å². The number of benzene rings is 1. The summed E-state index contributed by atoms with van der Waals surface area (Å²) < 4.78 is 11.5. The van der Waals surface area contributed by atoms with Crippen LogP contribution in [0, 0.1) is 5.92 Å². The average molecular weight is 319 g/mol. The van der Waals surface area contributed by atoms with Crippen molar-refractivity contribution in [3.8, 4) is 5.75 Å². The standard InChI is InChI=1S/C18H29N3O2/c1-15(23-17-7-5-4-6-8-17)13-20-18(19-2)21(3)11-12-22-14-16-9-10-16/h4-8,15-16H,9-14H2,1-3H3,(H,19,20). The molecule has 128 valence electrons. The van der Waals surface area contributed by atoms with Gasteiger partial charge >= 0.3 is 0 Å². The molecule has 1 aliphatic rings. The van der Waals surface area contributed by atoms with E-state index in [-0.39, 0.29) is 6.10 Å². The molecule has 1 N–H and O–H groups in total. The van der Waals surface area contributed by atoms with Gasteiger partial charge in [0.1, 0.15) is 11.9 Å². The van der Waals surface area contributed by atoms with Crippen molar-refractivity contribution in [3.63, 3.8) is 0 Å². The number of guanidine groups is 1. The number of hydrogen-bond donors (Lipinski definition) is 1. The molecule has 1 aromatic rings. The van der Waals surface area contributed by atoms with Crippen LogP contribution in [0.4, 0.5) is 0 Å². The Labute approximate surface area is 139 Å². The van der Waals surface area contributed by atoms with Crippen LogP contribution in [0.25, 0.3) is 0 Å². The minimum Gasteiger partial charge on any atom is -0.489 e. The monoisotopic (exact) mass is 319 g/mol. The van der Waals surface area contributed by atoms with Gasteiger partial charge in [-0.05, 0) is 37.8 Å². The molecule has 0 spiro atoms. The van der Waals surface area contributed by atoms with Gasteiger partial charge in [0.25, 0.3) is 0 Å². The number of aliphatic imine (C=N–C) groups is 1. The number of rotatable bonds is 9. The maximum atomic E-state index is 5.86. The zero-order valence-electron chi connectivity index (χ0n) is 14.5. The molecule has 1 saturated carbocycles. The van der Waals surface area contributed by atoms with Gasteiger partial charge in [-0.25, -0.2) is 0 Å². The Bertz CT molecular complexity index is 474. The van der Waals surface area contributed by atoms with Gasteiger partial charge < -0.3 is 19.7 Å². The molecule has 1 unspecified atom stereocenters. The summed E-state index contributed by atoms with van der Waals surface area (Å²) >= 11 is 0. The lowest BCUT2D eigenvalue weighted by Crippen LogP contribution is -2.44. The smallest absolute Gasteiger partial charge is 0.193 e. The quantitative estimate of drug-likeness (QED) is 0.431. The highest BCUT2D eigenvalue weighted by Crippen LogP contribution is 2.28. The third-order valence-corrected chi connectivity index (χ3v) is 3.82. The number of hydrogen-bond acceptors (Lipinski definition) is 3. The number of nitrogens with zero attached hydrogens (tertiary/aromatic N) is 2. The van der Waals surface area contributed by atoms with Gasteiger partial charge in [0.15, 0.2) is 5.96 Å². The third-order valence-electron chi connectivity index (χ3n) is 3.82. The first kappa shape index (κ1) is 17.6. The van der Waals surface area contributed by atoms with Crippen molar-refractivity contribution in [2.24, 2.45) is 10.9 Å². The van der Waals surface area contributed by atoms with Crippen LogP contribution in [0.15, 0.2) is 35.3 Å². The van der Waals surface area contributed by atoms with E-state index < -0.39 is 0 Å². The van der Waals surface area contributed by atoms with E-state index in [4.69, 9.17) is 9.47 Å². The van der Waals surface area contributed by atoms with E-state index >= 15 is 0 Å². The van der Waals surface area contributed by atoms with Crippen LogP contribution in [0.3, 0.4) is 0 Å². The van der Waals surface area contributed by atoms with Gasteiger partial charge in [-0.2, -0.15) is 0 Å². The molecule has 5 nitrogen and oxygen atoms in total. The topological polar surface area (TPSA) is 46.1 Å². The molecule has 1 atom stereocenters. The molecular weight excluding hydrogens is 290 g/mol. The predicted octanol–water partition coefficient (Wildman–Crippen LogP) is 2.39. The molecular formula is C18H29N3O2. The van der Waals surface area contributed by atoms with Crippen molar-refractivity contribution >= 4 is 5.96 Å². The van der Waals surface area contributed by atoms with Crippen LogP contribution in [0.5, 0.6) is 5.75 Å². The molecule has 0 bridgehead atoms. The van der Waals surface area contributed by atoms with E-state index in [1.165, 1.54) is 12.8 Å². The van der Waals surface area contributed by atoms with Gasteiger partial charge in [-0.15, -0.1) is 0 Å². The maximum absolute atomic E-state index is 5.86. The molecule has 0 amide bonds. The lowest BCUT2D eigenvalue weighted by Gasteiger charge is -2.24. The first-order valence-electron chi connectivity index (χ1n) is 8.40. The minimum atomic E-state index is 0.0636. The minimum absolute atomic E-state index is 0.0636. The molecule has 0 aromatic heterocycles. The fraction of sp³-hybridized carbons (Fsp3) is 0.611. The summed E-state index contributed by atoms with van der Waals surface area (Å²) in [6.45, 7) is 5.23. The largest absolute Gasteiger partial charge is 0.489 e. The molecule has 5 heteroatoms. The van der Waals surface area contributed by atoms with Gasteiger partial charge in [0, 0.05) is 27.2 Å². The summed E-state index contributed by atoms with van der Waals surface area (Å²) in [7, 11) is 3.82. The van der Waals surface area contributed by atoms with Gasteiger partial charge in [-0.1, -0.05) is 18.2 Å². The van der Waals surface area contributed by atoms with Crippen molar-refractivity contribution in [2.75, 3.05) is 40.4 Å². The van der Waals surface area contributed by atoms with E-state index in [9.17, 15) is 0 Å². The maximum Gasteiger partial charge on any atom is 0.193 e. The van der Waals surface area contributed by atoms with Gasteiger partial charge in [0.05, 0.1) is 13.2 Å². The second-order valence-electron chi connectivity index (χ2n) is 6.11. The summed E-state index contributed by atoms with van der Waals surface area (Å²) in [6.07, 6.45) is 2.73. The molecule has 1 fully saturated rings. The Morgan fingerprint density at radius 3 is 2.74 bits per heavy atom.